The van der Waals surface area contributed by atoms with E-state index in [0.29, 0.717) is 22.4 Å². The Morgan fingerprint density at radius 3 is 2.38 bits per heavy atom. The number of imidazole rings is 1. The van der Waals surface area contributed by atoms with Crippen molar-refractivity contribution in [2.75, 3.05) is 40.6 Å². The Kier molecular flexibility index (Phi) is 13.7. The van der Waals surface area contributed by atoms with Gasteiger partial charge in [0.05, 0.1) is 37.5 Å². The number of nitrogens with one attached hydrogen (secondary N) is 2. The van der Waals surface area contributed by atoms with Crippen molar-refractivity contribution < 1.29 is 82.0 Å². The minimum absolute atomic E-state index is 0.0143. The molecule has 1 spiro atoms. The summed E-state index contributed by atoms with van der Waals surface area (Å²) in [5, 5.41) is 72.1. The van der Waals surface area contributed by atoms with Crippen LogP contribution >= 0.6 is 15.6 Å². The van der Waals surface area contributed by atoms with Gasteiger partial charge in [0.1, 0.15) is 54.7 Å². The lowest BCUT2D eigenvalue weighted by atomic mass is 9.75. The summed E-state index contributed by atoms with van der Waals surface area (Å²) in [5.41, 5.74) is 7.13. The number of amides is 4. The number of carbonyl (C=O) groups excluding carboxylic acids is 3. The summed E-state index contributed by atoms with van der Waals surface area (Å²) in [5.74, 6) is -2.56. The average Bonchev–Trinajstić information content (AvgIpc) is 4.00. The highest BCUT2D eigenvalue weighted by Gasteiger charge is 2.67. The summed E-state index contributed by atoms with van der Waals surface area (Å²) in [6, 6.07) is 17.2. The number of ether oxygens (including phenoxy) is 1. The predicted octanol–water partition coefficient (Wildman–Crippen LogP) is 0.450. The summed E-state index contributed by atoms with van der Waals surface area (Å²) in [6.07, 6.45) is -12.0. The number of aliphatic hydroxyl groups excluding tert-OH is 6. The van der Waals surface area contributed by atoms with E-state index in [9.17, 15) is 63.9 Å². The molecule has 4 amide bonds. The second-order valence-corrected chi connectivity index (χ2v) is 20.5. The van der Waals surface area contributed by atoms with Crippen molar-refractivity contribution in [1.82, 2.24) is 24.8 Å². The molecule has 2 fully saturated rings. The van der Waals surface area contributed by atoms with E-state index >= 15 is 0 Å². The lowest BCUT2D eigenvalue weighted by Gasteiger charge is -2.52. The number of hydrogen-bond acceptors (Lipinski definition) is 21. The minimum atomic E-state index is -5.66. The number of aliphatic hydroxyl groups is 6. The molecule has 0 bridgehead atoms. The molecule has 2 saturated heterocycles. The fourth-order valence-corrected chi connectivity index (χ4v) is 11.5. The van der Waals surface area contributed by atoms with Crippen molar-refractivity contribution in [2.24, 2.45) is 4.99 Å². The van der Waals surface area contributed by atoms with Gasteiger partial charge in [-0.1, -0.05) is 30.3 Å². The lowest BCUT2D eigenvalue weighted by molar-refractivity contribution is -0.123. The quantitative estimate of drug-likeness (QED) is 0.0598. The van der Waals surface area contributed by atoms with Crippen LogP contribution in [-0.2, 0) is 32.0 Å². The Balaban J connectivity index is 0.901. The van der Waals surface area contributed by atoms with Gasteiger partial charge in [-0.2, -0.15) is 9.30 Å². The van der Waals surface area contributed by atoms with Gasteiger partial charge in [0, 0.05) is 23.6 Å². The van der Waals surface area contributed by atoms with Gasteiger partial charge < -0.3 is 66.0 Å². The number of carbonyl (C=O) groups is 3. The summed E-state index contributed by atoms with van der Waals surface area (Å²) in [4.78, 5) is 80.5. The molecule has 12 atom stereocenters. The average molecular weight is 1040 g/mol. The number of nitrogen functional groups attached to an aromatic ring is 1. The number of β-amino-alcohol motifs (C(OH)–C–C–N with tert-alkyl or cyclic N) is 1. The smallest absolute Gasteiger partial charge is 0.388 e. The zero-order chi connectivity index (χ0) is 51.6. The number of rotatable bonds is 16. The molecule has 3 aromatic carbocycles. The van der Waals surface area contributed by atoms with Gasteiger partial charge in [0.2, 0.25) is 0 Å². The van der Waals surface area contributed by atoms with Crippen molar-refractivity contribution in [2.45, 2.75) is 80.8 Å². The fraction of sp³-hybridized carbons (Fsp3) is 0.372. The van der Waals surface area contributed by atoms with Crippen LogP contribution in [0, 0.1) is 13.8 Å². The van der Waals surface area contributed by atoms with Crippen LogP contribution in [0.15, 0.2) is 84.4 Å². The number of fused-ring (bicyclic) bond motifs is 3. The predicted molar refractivity (Wildman–Crippen MR) is 250 cm³/mol. The molecule has 0 aliphatic carbocycles. The van der Waals surface area contributed by atoms with E-state index in [1.165, 1.54) is 20.7 Å². The number of imide groups is 1. The molecule has 27 nitrogen and oxygen atoms in total. The van der Waals surface area contributed by atoms with Crippen molar-refractivity contribution in [1.29, 1.82) is 0 Å². The number of phosphoric acid groups is 2. The molecule has 0 radical (unpaired) electrons. The number of nitrogens with zero attached hydrogens (tertiary/aromatic N) is 7. The van der Waals surface area contributed by atoms with Crippen molar-refractivity contribution in [3.05, 3.63) is 102 Å². The second kappa shape index (κ2) is 19.4. The topological polar surface area (TPSA) is 397 Å². The van der Waals surface area contributed by atoms with Gasteiger partial charge in [0.15, 0.2) is 29.1 Å². The van der Waals surface area contributed by atoms with Crippen LogP contribution in [0.25, 0.3) is 11.2 Å². The highest BCUT2D eigenvalue weighted by Crippen LogP contribution is 2.61. The van der Waals surface area contributed by atoms with Crippen LogP contribution in [0.2, 0.25) is 0 Å². The van der Waals surface area contributed by atoms with E-state index in [0.717, 1.165) is 11.9 Å². The van der Waals surface area contributed by atoms with Crippen LogP contribution in [-0.4, -0.2) is 152 Å². The molecule has 0 saturated carbocycles. The maximum absolute atomic E-state index is 14.6. The van der Waals surface area contributed by atoms with Gasteiger partial charge in [-0.05, 0) is 66.9 Å². The first-order valence-electron chi connectivity index (χ1n) is 22.0. The number of aryl methyl sites for hydroxylation is 2. The molecule has 5 aromatic rings. The molecular formula is C43H48N10O17P2. The Morgan fingerprint density at radius 2 is 1.64 bits per heavy atom. The number of benzene rings is 3. The first-order chi connectivity index (χ1) is 34.1. The summed E-state index contributed by atoms with van der Waals surface area (Å²) in [7, 11) is -11.2. The van der Waals surface area contributed by atoms with Gasteiger partial charge >= 0.3 is 21.7 Å². The zero-order valence-corrected chi connectivity index (χ0v) is 39.7. The molecule has 4 aliphatic heterocycles. The molecule has 72 heavy (non-hydrogen) atoms. The van der Waals surface area contributed by atoms with E-state index < -0.39 is 114 Å². The van der Waals surface area contributed by atoms with Crippen LogP contribution in [0.1, 0.15) is 45.6 Å². The third kappa shape index (κ3) is 9.29. The lowest BCUT2D eigenvalue weighted by Crippen LogP contribution is -2.74. The highest BCUT2D eigenvalue weighted by molar-refractivity contribution is 7.61. The van der Waals surface area contributed by atoms with Gasteiger partial charge in [0.25, 0.3) is 11.8 Å². The second-order valence-electron chi connectivity index (χ2n) is 17.4. The Morgan fingerprint density at radius 1 is 0.931 bits per heavy atom. The molecule has 6 heterocycles. The maximum atomic E-state index is 14.6. The summed E-state index contributed by atoms with van der Waals surface area (Å²) >= 11 is 0. The molecule has 12 N–H and O–H groups in total. The van der Waals surface area contributed by atoms with E-state index in [4.69, 9.17) is 19.5 Å². The number of aromatic nitrogens is 4. The van der Waals surface area contributed by atoms with Crippen molar-refractivity contribution >= 4 is 73.4 Å². The number of aliphatic imine (C=N–C) groups is 1. The van der Waals surface area contributed by atoms with E-state index in [1.807, 2.05) is 0 Å². The largest absolute Gasteiger partial charge is 0.481 e. The van der Waals surface area contributed by atoms with Crippen molar-refractivity contribution in [3.8, 4) is 0 Å². The molecular weight excluding hydrogens is 990 g/mol. The number of hydrogen-bond donors (Lipinski definition) is 11. The van der Waals surface area contributed by atoms with Gasteiger partial charge in [-0.25, -0.2) is 28.9 Å². The number of nitrogens with two attached hydrogens (primary N) is 1. The molecule has 9 rings (SSSR count). The first-order valence-corrected chi connectivity index (χ1v) is 25.0. The molecule has 4 aliphatic rings. The minimum Gasteiger partial charge on any atom is -0.388 e. The number of urea groups is 1. The fourth-order valence-electron chi connectivity index (χ4n) is 9.36. The molecule has 29 heteroatoms. The van der Waals surface area contributed by atoms with Crippen LogP contribution in [0.3, 0.4) is 0 Å². The Labute approximate surface area is 407 Å². The van der Waals surface area contributed by atoms with Crippen LogP contribution in [0.5, 0.6) is 0 Å². The SMILES string of the molecule is Cc1cc2c(cc1C)N1[C@H](O)C[C@@H](c3cccc(NC(=O)c4ccccc4)c3)[C@]13C(=O)NC(=O)N=C3N2C[C@H](O)[C@H](O)[C@H](O)COP(=O)(O)OP(=O)(O)OC[C@H]1O[C@@H](n2cnc3c(N)ncnc32)[C@H](O)[C@@H]1O. The Hall–Kier alpha value is -6.13. The Bertz CT molecular complexity index is 3080. The summed E-state index contributed by atoms with van der Waals surface area (Å²) in [6.45, 7) is 0.532. The third-order valence-corrected chi connectivity index (χ3v) is 15.5. The van der Waals surface area contributed by atoms with Gasteiger partial charge in [-0.3, -0.25) is 28.5 Å². The summed E-state index contributed by atoms with van der Waals surface area (Å²) < 4.78 is 46.4. The monoisotopic (exact) mass is 1040 g/mol. The molecule has 2 unspecified atom stereocenters. The van der Waals surface area contributed by atoms with E-state index in [1.54, 1.807) is 80.6 Å². The van der Waals surface area contributed by atoms with Crippen LogP contribution in [0.4, 0.5) is 27.7 Å². The highest BCUT2D eigenvalue weighted by atomic mass is 31.3. The number of anilines is 4. The van der Waals surface area contributed by atoms with E-state index in [2.05, 4.69) is 34.9 Å². The van der Waals surface area contributed by atoms with E-state index in [-0.39, 0.29) is 40.6 Å². The van der Waals surface area contributed by atoms with Gasteiger partial charge in [-0.15, -0.1) is 0 Å². The zero-order valence-electron chi connectivity index (χ0n) is 37.9. The molecule has 2 aromatic heterocycles. The normalized spacial score (nSPS) is 26.7. The number of amidine groups is 1. The number of phosphoric ester groups is 2. The standard InChI is InChI=1S/C43H48N10O17P2/c1-20-11-26-27(12-21(20)2)53-31(56)14-25(23-9-6-10-24(13-23)48-38(60)22-7-4-3-5-8-22)43(53)40(49-42(62)50-41(43)61)51(26)15-28(54)33(57)29(55)16-67-71(63,64)70-72(65,66)68-17-30-34(58)35(59)39(69-30)52-19-47-32-36(44)45-18-46-37(32)52/h3-13,18-19,25,28-31,33-35,39,54-59H,14-17H2,1-2H3,(H,48,60)(H,63,64)(H,65,66)(H2,44,45,46)(H,50,61,62)/t25-,28-,29+,30+,31+,33-,34+,35+,39+,43-/m0/s1. The maximum Gasteiger partial charge on any atom is 0.481 e. The third-order valence-electron chi connectivity index (χ3n) is 12.9. The first kappa shape index (κ1) is 50.8. The molecule has 382 valence electrons. The van der Waals surface area contributed by atoms with Crippen molar-refractivity contribution in [3.63, 3.8) is 0 Å². The van der Waals surface area contributed by atoms with Crippen LogP contribution < -0.4 is 26.2 Å².